The molecule has 0 atom stereocenters. The van der Waals surface area contributed by atoms with Crippen LogP contribution in [0.25, 0.3) is 6.08 Å². The Morgan fingerprint density at radius 3 is 2.34 bits per heavy atom. The second-order valence-corrected chi connectivity index (χ2v) is 13.0. The van der Waals surface area contributed by atoms with Crippen LogP contribution in [0.1, 0.15) is 27.8 Å². The zero-order valence-electron chi connectivity index (χ0n) is 27.9. The third-order valence-corrected chi connectivity index (χ3v) is 9.08. The average molecular weight is 709 g/mol. The molecule has 0 unspecified atom stereocenters. The molecule has 1 amide bonds. The largest absolute Gasteiger partial charge is 0.493 e. The minimum absolute atomic E-state index is 0.0145. The van der Waals surface area contributed by atoms with Crippen LogP contribution in [0.15, 0.2) is 115 Å². The minimum atomic E-state index is -0.0145. The Kier molecular flexibility index (Phi) is 12.1. The normalized spacial score (nSPS) is 13.4. The van der Waals surface area contributed by atoms with Crippen LogP contribution in [-0.4, -0.2) is 53.5 Å². The Morgan fingerprint density at radius 2 is 1.60 bits per heavy atom. The van der Waals surface area contributed by atoms with Gasteiger partial charge in [-0.15, -0.1) is 0 Å². The number of halogens is 2. The van der Waals surface area contributed by atoms with E-state index >= 15 is 0 Å². The van der Waals surface area contributed by atoms with Gasteiger partial charge in [-0.05, 0) is 71.7 Å². The first-order chi connectivity index (χ1) is 24.4. The van der Waals surface area contributed by atoms with Gasteiger partial charge in [-0.1, -0.05) is 83.9 Å². The molecule has 0 radical (unpaired) electrons. The number of carbonyl (C=O) groups excluding carboxylic acids is 1. The Hall–Kier alpha value is -4.82. The molecule has 9 heteroatoms. The van der Waals surface area contributed by atoms with Crippen molar-refractivity contribution in [1.29, 1.82) is 0 Å². The van der Waals surface area contributed by atoms with Gasteiger partial charge in [0.15, 0.2) is 0 Å². The average Bonchev–Trinajstić information content (AvgIpc) is 3.13. The highest BCUT2D eigenvalue weighted by Gasteiger charge is 2.20. The molecule has 1 saturated heterocycles. The number of piperazine rings is 1. The topological polar surface area (TPSA) is 64.1 Å². The maximum atomic E-state index is 13.0. The fourth-order valence-corrected chi connectivity index (χ4v) is 5.98. The van der Waals surface area contributed by atoms with E-state index in [0.29, 0.717) is 53.7 Å². The maximum absolute atomic E-state index is 13.0. The van der Waals surface area contributed by atoms with Crippen molar-refractivity contribution in [2.24, 2.45) is 0 Å². The number of pyridine rings is 1. The quantitative estimate of drug-likeness (QED) is 0.114. The smallest absolute Gasteiger partial charge is 0.246 e. The fourth-order valence-electron chi connectivity index (χ4n) is 5.57. The van der Waals surface area contributed by atoms with Crippen molar-refractivity contribution >= 4 is 35.2 Å². The van der Waals surface area contributed by atoms with Crippen LogP contribution < -0.4 is 14.2 Å². The molecule has 1 fully saturated rings. The van der Waals surface area contributed by atoms with Gasteiger partial charge in [0, 0.05) is 61.9 Å². The molecule has 1 aliphatic rings. The van der Waals surface area contributed by atoms with Gasteiger partial charge in [-0.3, -0.25) is 9.69 Å². The highest BCUT2D eigenvalue weighted by Crippen LogP contribution is 2.30. The summed E-state index contributed by atoms with van der Waals surface area (Å²) >= 11 is 12.7. The summed E-state index contributed by atoms with van der Waals surface area (Å²) in [6.45, 7) is 6.93. The lowest BCUT2D eigenvalue weighted by Gasteiger charge is -2.34. The SMILES string of the molecule is Cc1cccc(OCCc2ccc(CN3CCN(C(=O)C=Cc4ccc(Oc5ccc(OCc6ccccc6Cl)cn5)c(Cl)c4)CC3)cc2)c1. The molecule has 50 heavy (non-hydrogen) atoms. The summed E-state index contributed by atoms with van der Waals surface area (Å²) < 4.78 is 17.6. The van der Waals surface area contributed by atoms with Crippen LogP contribution in [0, 0.1) is 6.92 Å². The number of hydrogen-bond donors (Lipinski definition) is 0. The number of rotatable bonds is 13. The molecule has 2 heterocycles. The highest BCUT2D eigenvalue weighted by molar-refractivity contribution is 6.32. The van der Waals surface area contributed by atoms with Gasteiger partial charge < -0.3 is 19.1 Å². The first-order valence-corrected chi connectivity index (χ1v) is 17.4. The van der Waals surface area contributed by atoms with E-state index in [-0.39, 0.29) is 5.91 Å². The molecule has 0 spiro atoms. The Labute approximate surface area is 303 Å². The molecule has 5 aromatic rings. The van der Waals surface area contributed by atoms with E-state index < -0.39 is 0 Å². The molecule has 4 aromatic carbocycles. The Morgan fingerprint density at radius 1 is 0.800 bits per heavy atom. The second kappa shape index (κ2) is 17.2. The van der Waals surface area contributed by atoms with Gasteiger partial charge in [0.2, 0.25) is 11.8 Å². The number of aryl methyl sites for hydroxylation is 1. The predicted molar refractivity (Wildman–Crippen MR) is 199 cm³/mol. The summed E-state index contributed by atoms with van der Waals surface area (Å²) in [4.78, 5) is 21.6. The van der Waals surface area contributed by atoms with E-state index in [2.05, 4.69) is 53.2 Å². The van der Waals surface area contributed by atoms with Gasteiger partial charge in [0.05, 0.1) is 17.8 Å². The van der Waals surface area contributed by atoms with Crippen molar-refractivity contribution in [1.82, 2.24) is 14.8 Å². The van der Waals surface area contributed by atoms with Crippen LogP contribution in [0.5, 0.6) is 23.1 Å². The van der Waals surface area contributed by atoms with E-state index in [0.717, 1.165) is 42.9 Å². The number of ether oxygens (including phenoxy) is 3. The van der Waals surface area contributed by atoms with E-state index in [1.807, 2.05) is 47.4 Å². The summed E-state index contributed by atoms with van der Waals surface area (Å²) in [7, 11) is 0. The zero-order chi connectivity index (χ0) is 34.7. The molecule has 7 nitrogen and oxygen atoms in total. The second-order valence-electron chi connectivity index (χ2n) is 12.2. The van der Waals surface area contributed by atoms with Crippen molar-refractivity contribution in [3.63, 3.8) is 0 Å². The van der Waals surface area contributed by atoms with E-state index in [9.17, 15) is 4.79 Å². The Balaban J connectivity index is 0.915. The van der Waals surface area contributed by atoms with Crippen LogP contribution in [0.2, 0.25) is 10.0 Å². The molecule has 0 N–H and O–H groups in total. The van der Waals surface area contributed by atoms with Crippen molar-refractivity contribution in [2.75, 3.05) is 32.8 Å². The molecule has 0 saturated carbocycles. The van der Waals surface area contributed by atoms with Crippen LogP contribution in [0.3, 0.4) is 0 Å². The van der Waals surface area contributed by atoms with Gasteiger partial charge in [0.25, 0.3) is 0 Å². The summed E-state index contributed by atoms with van der Waals surface area (Å²) in [5.41, 5.74) is 5.42. The lowest BCUT2D eigenvalue weighted by molar-refractivity contribution is -0.127. The third kappa shape index (κ3) is 10.1. The van der Waals surface area contributed by atoms with Crippen molar-refractivity contribution in [3.05, 3.63) is 153 Å². The van der Waals surface area contributed by atoms with Crippen molar-refractivity contribution < 1.29 is 19.0 Å². The zero-order valence-corrected chi connectivity index (χ0v) is 29.4. The molecular weight excluding hydrogens is 669 g/mol. The first kappa shape index (κ1) is 35.0. The number of aromatic nitrogens is 1. The van der Waals surface area contributed by atoms with Crippen LogP contribution in [0.4, 0.5) is 0 Å². The van der Waals surface area contributed by atoms with Gasteiger partial charge >= 0.3 is 0 Å². The lowest BCUT2D eigenvalue weighted by Crippen LogP contribution is -2.47. The number of carbonyl (C=O) groups is 1. The predicted octanol–water partition coefficient (Wildman–Crippen LogP) is 9.05. The molecule has 1 aliphatic heterocycles. The Bertz CT molecular complexity index is 1910. The monoisotopic (exact) mass is 707 g/mol. The minimum Gasteiger partial charge on any atom is -0.493 e. The summed E-state index contributed by atoms with van der Waals surface area (Å²) in [5.74, 6) is 2.33. The van der Waals surface area contributed by atoms with Crippen molar-refractivity contribution in [2.45, 2.75) is 26.5 Å². The van der Waals surface area contributed by atoms with E-state index in [4.69, 9.17) is 37.4 Å². The molecule has 0 aliphatic carbocycles. The third-order valence-electron chi connectivity index (χ3n) is 8.41. The van der Waals surface area contributed by atoms with Gasteiger partial charge in [-0.2, -0.15) is 0 Å². The number of nitrogens with zero attached hydrogens (tertiary/aromatic N) is 3. The van der Waals surface area contributed by atoms with Crippen molar-refractivity contribution in [3.8, 4) is 23.1 Å². The van der Waals surface area contributed by atoms with Gasteiger partial charge in [0.1, 0.15) is 23.9 Å². The van der Waals surface area contributed by atoms with Crippen LogP contribution >= 0.6 is 23.2 Å². The number of hydrogen-bond acceptors (Lipinski definition) is 6. The number of benzene rings is 4. The fraction of sp³-hybridized carbons (Fsp3) is 0.220. The molecule has 1 aromatic heterocycles. The highest BCUT2D eigenvalue weighted by atomic mass is 35.5. The molecule has 6 rings (SSSR count). The standard InChI is InChI=1S/C41H39Cl2N3O4/c1-30-5-4-7-35(25-30)48-24-19-31-9-11-33(12-10-31)28-45-20-22-46(23-21-45)41(47)18-14-32-13-16-39(38(43)26-32)50-40-17-15-36(27-44-40)49-29-34-6-2-3-8-37(34)42/h2-18,25-27H,19-24,28-29H2,1H3. The first-order valence-electron chi connectivity index (χ1n) is 16.6. The maximum Gasteiger partial charge on any atom is 0.246 e. The van der Waals surface area contributed by atoms with E-state index in [1.54, 1.807) is 42.6 Å². The summed E-state index contributed by atoms with van der Waals surface area (Å²) in [6, 6.07) is 33.3. The summed E-state index contributed by atoms with van der Waals surface area (Å²) in [6.07, 6.45) is 5.83. The van der Waals surface area contributed by atoms with Gasteiger partial charge in [-0.25, -0.2) is 4.98 Å². The molecular formula is C41H39Cl2N3O4. The lowest BCUT2D eigenvalue weighted by atomic mass is 10.1. The summed E-state index contributed by atoms with van der Waals surface area (Å²) in [5, 5.41) is 1.07. The molecule has 256 valence electrons. The number of amides is 1. The van der Waals surface area contributed by atoms with Crippen LogP contribution in [-0.2, 0) is 24.4 Å². The van der Waals surface area contributed by atoms with E-state index in [1.165, 1.54) is 16.7 Å². The molecule has 0 bridgehead atoms.